The largest absolute Gasteiger partial charge is 0.494 e. The second-order valence-corrected chi connectivity index (χ2v) is 11.1. The third kappa shape index (κ3) is 5.05. The zero-order valence-electron chi connectivity index (χ0n) is 20.7. The average Bonchev–Trinajstić information content (AvgIpc) is 3.48. The normalized spacial score (nSPS) is 17.5. The predicted octanol–water partition coefficient (Wildman–Crippen LogP) is 4.42. The first kappa shape index (κ1) is 27.7. The molecule has 0 bridgehead atoms. The van der Waals surface area contributed by atoms with Crippen LogP contribution in [0.1, 0.15) is 32.1 Å². The molecule has 1 amide bonds. The van der Waals surface area contributed by atoms with Crippen LogP contribution in [0, 0.1) is 12.7 Å². The molecule has 40 heavy (non-hydrogen) atoms. The first-order valence-electron chi connectivity index (χ1n) is 11.5. The van der Waals surface area contributed by atoms with Crippen molar-refractivity contribution in [1.29, 1.82) is 0 Å². The van der Waals surface area contributed by atoms with Crippen molar-refractivity contribution in [3.8, 4) is 16.9 Å². The van der Waals surface area contributed by atoms with E-state index in [1.165, 1.54) is 25.6 Å². The molecular formula is C25H19ClF4N6O3S. The summed E-state index contributed by atoms with van der Waals surface area (Å²) in [5.41, 5.74) is -0.635. The zero-order chi connectivity index (χ0) is 28.8. The number of thiol groups is 1. The molecule has 5 rings (SSSR count). The van der Waals surface area contributed by atoms with E-state index in [-0.39, 0.29) is 29.0 Å². The number of carbonyl (C=O) groups excluding carboxylic acids is 2. The molecule has 0 saturated heterocycles. The number of pyridine rings is 3. The second kappa shape index (κ2) is 10.6. The van der Waals surface area contributed by atoms with Gasteiger partial charge in [0.25, 0.3) is 5.91 Å². The van der Waals surface area contributed by atoms with E-state index >= 15 is 0 Å². The van der Waals surface area contributed by atoms with Crippen molar-refractivity contribution in [3.63, 3.8) is 0 Å². The summed E-state index contributed by atoms with van der Waals surface area (Å²) in [4.78, 5) is 43.7. The second-order valence-electron chi connectivity index (χ2n) is 8.62. The van der Waals surface area contributed by atoms with Gasteiger partial charge in [0, 0.05) is 47.2 Å². The maximum absolute atomic E-state index is 14.9. The third-order valence-corrected chi connectivity index (χ3v) is 8.51. The van der Waals surface area contributed by atoms with E-state index in [9.17, 15) is 27.2 Å². The lowest BCUT2D eigenvalue weighted by molar-refractivity contribution is -0.140. The van der Waals surface area contributed by atoms with Crippen molar-refractivity contribution >= 4 is 38.7 Å². The molecule has 2 N–H and O–H groups in total. The summed E-state index contributed by atoms with van der Waals surface area (Å²) >= 11 is 6.10. The van der Waals surface area contributed by atoms with E-state index < -0.39 is 45.2 Å². The highest BCUT2D eigenvalue weighted by Crippen LogP contribution is 2.48. The smallest absolute Gasteiger partial charge is 0.419 e. The van der Waals surface area contributed by atoms with Crippen LogP contribution in [0.3, 0.4) is 0 Å². The number of hydrogen-bond donors (Lipinski definition) is 3. The van der Waals surface area contributed by atoms with Gasteiger partial charge in [-0.25, -0.2) is 19.4 Å². The van der Waals surface area contributed by atoms with E-state index in [1.807, 2.05) is 0 Å². The quantitative estimate of drug-likeness (QED) is 0.232. The standard InChI is InChI=1S/C25H19ClF4N6O3S/c1-11-5-12(13-6-19(26)34-9-17(13)39-2)14(7-33-11)22(37)36-24-35-16-8-31-10-18(16)40(24)23(38)21-20(27)15(3-4-32-21)25(28,29)30/h3-7,9,31,40H,8,10H2,1-2H3,(H,35,36,37). The minimum Gasteiger partial charge on any atom is -0.494 e. The Morgan fingerprint density at radius 3 is 2.62 bits per heavy atom. The SMILES string of the molecule is COc1cnc(Cl)cc1-c1cc(C)ncc1C(=O)NC1=NC2=C(CNC2)[SH]1C(=O)c1nccc(C(F)(F)F)c1F. The number of rotatable bonds is 4. The van der Waals surface area contributed by atoms with Gasteiger partial charge in [0.1, 0.15) is 10.9 Å². The Balaban J connectivity index is 1.52. The summed E-state index contributed by atoms with van der Waals surface area (Å²) in [6, 6.07) is 3.61. The summed E-state index contributed by atoms with van der Waals surface area (Å²) in [5.74, 6) is -2.15. The molecule has 9 nitrogen and oxygen atoms in total. The van der Waals surface area contributed by atoms with Crippen LogP contribution in [0.2, 0.25) is 5.15 Å². The van der Waals surface area contributed by atoms with E-state index in [1.54, 1.807) is 13.0 Å². The van der Waals surface area contributed by atoms with Crippen LogP contribution in [0.4, 0.5) is 17.6 Å². The lowest BCUT2D eigenvalue weighted by Crippen LogP contribution is -2.33. The number of methoxy groups -OCH3 is 1. The average molecular weight is 595 g/mol. The zero-order valence-corrected chi connectivity index (χ0v) is 22.4. The summed E-state index contributed by atoms with van der Waals surface area (Å²) in [5, 5.41) is 4.67. The molecule has 0 aromatic carbocycles. The number of carbonyl (C=O) groups is 2. The molecule has 15 heteroatoms. The van der Waals surface area contributed by atoms with Gasteiger partial charge in [0.2, 0.25) is 5.12 Å². The number of halogens is 5. The lowest BCUT2D eigenvalue weighted by Gasteiger charge is -2.21. The van der Waals surface area contributed by atoms with Gasteiger partial charge < -0.3 is 15.4 Å². The Kier molecular flexibility index (Phi) is 7.33. The highest BCUT2D eigenvalue weighted by Gasteiger charge is 2.41. The maximum Gasteiger partial charge on any atom is 0.419 e. The number of aliphatic imine (C=N–C) groups is 1. The number of nitrogens with zero attached hydrogens (tertiary/aromatic N) is 4. The van der Waals surface area contributed by atoms with Crippen molar-refractivity contribution in [1.82, 2.24) is 25.6 Å². The first-order valence-corrected chi connectivity index (χ1v) is 13.3. The minimum atomic E-state index is -5.03. The fraction of sp³-hybridized carbons (Fsp3) is 0.200. The number of alkyl halides is 3. The molecule has 5 heterocycles. The van der Waals surface area contributed by atoms with Crippen LogP contribution in [-0.2, 0) is 6.18 Å². The van der Waals surface area contributed by atoms with Crippen LogP contribution < -0.4 is 15.4 Å². The Bertz CT molecular complexity index is 1630. The number of aryl methyl sites for hydroxylation is 1. The topological polar surface area (TPSA) is 118 Å². The summed E-state index contributed by atoms with van der Waals surface area (Å²) in [6.45, 7) is 2.18. The molecule has 208 valence electrons. The van der Waals surface area contributed by atoms with Crippen LogP contribution in [-0.4, -0.2) is 51.3 Å². The molecule has 1 atom stereocenters. The fourth-order valence-corrected chi connectivity index (χ4v) is 6.57. The number of aromatic nitrogens is 3. The number of hydrogen-bond acceptors (Lipinski definition) is 8. The molecule has 2 aliphatic rings. The van der Waals surface area contributed by atoms with Crippen LogP contribution in [0.5, 0.6) is 5.75 Å². The van der Waals surface area contributed by atoms with Gasteiger partial charge in [-0.15, -0.1) is 10.9 Å². The monoisotopic (exact) mass is 594 g/mol. The Labute approximate surface area is 232 Å². The van der Waals surface area contributed by atoms with Gasteiger partial charge in [-0.1, -0.05) is 11.6 Å². The van der Waals surface area contributed by atoms with E-state index in [4.69, 9.17) is 16.3 Å². The first-order chi connectivity index (χ1) is 19.0. The molecule has 0 spiro atoms. The Morgan fingerprint density at radius 2 is 1.90 bits per heavy atom. The van der Waals surface area contributed by atoms with Crippen molar-refractivity contribution in [2.45, 2.75) is 13.1 Å². The number of ether oxygens (including phenoxy) is 1. The van der Waals surface area contributed by atoms with Crippen molar-refractivity contribution in [3.05, 3.63) is 80.9 Å². The maximum atomic E-state index is 14.9. The van der Waals surface area contributed by atoms with Gasteiger partial charge in [-0.05, 0) is 25.1 Å². The van der Waals surface area contributed by atoms with Crippen LogP contribution in [0.25, 0.3) is 11.1 Å². The number of amidine groups is 1. The molecule has 0 fully saturated rings. The summed E-state index contributed by atoms with van der Waals surface area (Å²) < 4.78 is 60.2. The van der Waals surface area contributed by atoms with E-state index in [0.717, 1.165) is 6.20 Å². The van der Waals surface area contributed by atoms with Gasteiger partial charge in [-0.2, -0.15) is 13.2 Å². The van der Waals surface area contributed by atoms with Crippen molar-refractivity contribution in [2.24, 2.45) is 4.99 Å². The molecule has 3 aromatic heterocycles. The molecule has 0 saturated carbocycles. The van der Waals surface area contributed by atoms with Gasteiger partial charge in [0.15, 0.2) is 16.7 Å². The van der Waals surface area contributed by atoms with Gasteiger partial charge in [0.05, 0.1) is 30.1 Å². The summed E-state index contributed by atoms with van der Waals surface area (Å²) in [6.07, 6.45) is -1.59. The van der Waals surface area contributed by atoms with Crippen LogP contribution >= 0.6 is 22.5 Å². The predicted molar refractivity (Wildman–Crippen MR) is 141 cm³/mol. The lowest BCUT2D eigenvalue weighted by atomic mass is 10.0. The molecule has 1 unspecified atom stereocenters. The van der Waals surface area contributed by atoms with Crippen molar-refractivity contribution < 1.29 is 31.9 Å². The highest BCUT2D eigenvalue weighted by molar-refractivity contribution is 8.44. The molecule has 2 aliphatic heterocycles. The van der Waals surface area contributed by atoms with E-state index in [0.29, 0.717) is 39.2 Å². The van der Waals surface area contributed by atoms with Crippen molar-refractivity contribution in [2.75, 3.05) is 20.2 Å². The number of nitrogens with one attached hydrogen (secondary N) is 2. The molecule has 3 aromatic rings. The van der Waals surface area contributed by atoms with E-state index in [2.05, 4.69) is 30.6 Å². The van der Waals surface area contributed by atoms with Crippen LogP contribution in [0.15, 0.2) is 52.4 Å². The summed E-state index contributed by atoms with van der Waals surface area (Å²) in [7, 11) is -0.781. The molecule has 0 aliphatic carbocycles. The fourth-order valence-electron chi connectivity index (χ4n) is 4.26. The number of amides is 1. The Hall–Kier alpha value is -3.88. The third-order valence-electron chi connectivity index (χ3n) is 6.10. The van der Waals surface area contributed by atoms with Gasteiger partial charge in [-0.3, -0.25) is 14.6 Å². The molecular weight excluding hydrogens is 576 g/mol. The molecule has 0 radical (unpaired) electrons. The highest BCUT2D eigenvalue weighted by atomic mass is 35.5. The minimum absolute atomic E-state index is 0.0739. The Morgan fingerprint density at radius 1 is 1.12 bits per heavy atom. The van der Waals surface area contributed by atoms with Gasteiger partial charge >= 0.3 is 6.18 Å².